The molecule has 1 unspecified atom stereocenters. The van der Waals surface area contributed by atoms with E-state index in [1.165, 1.54) is 0 Å². The first-order valence-corrected chi connectivity index (χ1v) is 7.77. The highest BCUT2D eigenvalue weighted by Crippen LogP contribution is 2.25. The van der Waals surface area contributed by atoms with Crippen LogP contribution in [0.4, 0.5) is 0 Å². The Bertz CT molecular complexity index is 635. The topological polar surface area (TPSA) is 98.4 Å². The second-order valence-electron chi connectivity index (χ2n) is 6.23. The molecule has 2 N–H and O–H groups in total. The van der Waals surface area contributed by atoms with E-state index in [2.05, 4.69) is 15.5 Å². The Morgan fingerprint density at radius 3 is 2.74 bits per heavy atom. The minimum atomic E-state index is -0.274. The molecule has 0 saturated carbocycles. The van der Waals surface area contributed by atoms with Crippen LogP contribution in [0.3, 0.4) is 0 Å². The van der Waals surface area contributed by atoms with Crippen molar-refractivity contribution >= 4 is 17.7 Å². The van der Waals surface area contributed by atoms with Crippen molar-refractivity contribution in [3.8, 4) is 0 Å². The molecule has 1 atom stereocenters. The third-order valence-corrected chi connectivity index (χ3v) is 4.52. The van der Waals surface area contributed by atoms with Crippen molar-refractivity contribution < 1.29 is 14.4 Å². The van der Waals surface area contributed by atoms with Crippen molar-refractivity contribution in [3.05, 3.63) is 17.5 Å². The number of carbonyl (C=O) groups is 3. The predicted molar refractivity (Wildman–Crippen MR) is 81.3 cm³/mol. The van der Waals surface area contributed by atoms with Crippen LogP contribution in [-0.4, -0.2) is 70.4 Å². The summed E-state index contributed by atoms with van der Waals surface area (Å²) < 4.78 is 0. The van der Waals surface area contributed by atoms with Crippen LogP contribution in [0.25, 0.3) is 0 Å². The van der Waals surface area contributed by atoms with Gasteiger partial charge in [-0.05, 0) is 13.0 Å². The Kier molecular flexibility index (Phi) is 4.06. The van der Waals surface area contributed by atoms with Gasteiger partial charge in [-0.25, -0.2) is 0 Å². The van der Waals surface area contributed by atoms with E-state index in [-0.39, 0.29) is 42.5 Å². The molecule has 3 heterocycles. The quantitative estimate of drug-likeness (QED) is 0.749. The molecule has 1 aromatic rings. The Morgan fingerprint density at radius 2 is 2.13 bits per heavy atom. The number of likely N-dealkylation sites (tertiary alicyclic amines) is 2. The molecule has 3 rings (SSSR count). The molecule has 0 aromatic carbocycles. The van der Waals surface area contributed by atoms with Gasteiger partial charge in [-0.1, -0.05) is 0 Å². The second kappa shape index (κ2) is 6.02. The Labute approximate surface area is 134 Å². The summed E-state index contributed by atoms with van der Waals surface area (Å²) in [4.78, 5) is 39.3. The number of H-pyrrole nitrogens is 1. The summed E-state index contributed by atoms with van der Waals surface area (Å²) in [5.74, 6) is -0.354. The molecule has 23 heavy (non-hydrogen) atoms. The number of hydrogen-bond acceptors (Lipinski definition) is 4. The smallest absolute Gasteiger partial charge is 0.228 e. The summed E-state index contributed by atoms with van der Waals surface area (Å²) in [6.45, 7) is 3.41. The molecule has 0 radical (unpaired) electrons. The first-order chi connectivity index (χ1) is 11.0. The van der Waals surface area contributed by atoms with Crippen LogP contribution in [0.15, 0.2) is 6.07 Å². The summed E-state index contributed by atoms with van der Waals surface area (Å²) in [6, 6.07) is 1.88. The van der Waals surface area contributed by atoms with Crippen LogP contribution in [0.1, 0.15) is 17.8 Å². The zero-order chi connectivity index (χ0) is 16.6. The van der Waals surface area contributed by atoms with Gasteiger partial charge in [0.15, 0.2) is 0 Å². The summed E-state index contributed by atoms with van der Waals surface area (Å²) in [5, 5.41) is 9.47. The van der Waals surface area contributed by atoms with Gasteiger partial charge in [-0.3, -0.25) is 19.5 Å². The van der Waals surface area contributed by atoms with Crippen LogP contribution in [0.5, 0.6) is 0 Å². The largest absolute Gasteiger partial charge is 0.359 e. The molecule has 0 bridgehead atoms. The van der Waals surface area contributed by atoms with Gasteiger partial charge < -0.3 is 15.1 Å². The lowest BCUT2D eigenvalue weighted by molar-refractivity contribution is -0.143. The van der Waals surface area contributed by atoms with Crippen LogP contribution in [0.2, 0.25) is 0 Å². The van der Waals surface area contributed by atoms with Gasteiger partial charge in [0.1, 0.15) is 0 Å². The van der Waals surface area contributed by atoms with E-state index in [1.54, 1.807) is 16.8 Å². The lowest BCUT2D eigenvalue weighted by Gasteiger charge is -2.44. The minimum Gasteiger partial charge on any atom is -0.359 e. The first-order valence-electron chi connectivity index (χ1n) is 7.77. The third kappa shape index (κ3) is 3.06. The van der Waals surface area contributed by atoms with E-state index in [4.69, 9.17) is 0 Å². The highest BCUT2D eigenvalue weighted by Gasteiger charge is 2.43. The van der Waals surface area contributed by atoms with Crippen molar-refractivity contribution in [1.82, 2.24) is 25.3 Å². The monoisotopic (exact) mass is 319 g/mol. The number of aromatic nitrogens is 2. The molecular weight excluding hydrogens is 298 g/mol. The number of carbonyl (C=O) groups excluding carboxylic acids is 3. The van der Waals surface area contributed by atoms with Gasteiger partial charge >= 0.3 is 0 Å². The SMILES string of the molecule is CNC(=O)C1CC(=O)N(C2CN(C(=O)Cc3cc(C)[nH]n3)C2)C1. The van der Waals surface area contributed by atoms with Crippen molar-refractivity contribution in [1.29, 1.82) is 0 Å². The highest BCUT2D eigenvalue weighted by molar-refractivity contribution is 5.89. The fourth-order valence-electron chi connectivity index (χ4n) is 3.15. The van der Waals surface area contributed by atoms with Crippen LogP contribution < -0.4 is 5.32 Å². The number of amides is 3. The standard InChI is InChI=1S/C15H21N5O3/c1-9-3-11(18-17-9)5-13(21)19-7-12(8-19)20-6-10(4-14(20)22)15(23)16-2/h3,10,12H,4-8H2,1-2H3,(H,16,23)(H,17,18). The molecule has 1 aromatic heterocycles. The van der Waals surface area contributed by atoms with Gasteiger partial charge in [0.05, 0.1) is 24.1 Å². The fraction of sp³-hybridized carbons (Fsp3) is 0.600. The van der Waals surface area contributed by atoms with Gasteiger partial charge in [0.25, 0.3) is 0 Å². The number of rotatable bonds is 4. The van der Waals surface area contributed by atoms with Crippen LogP contribution >= 0.6 is 0 Å². The van der Waals surface area contributed by atoms with Crippen LogP contribution in [0, 0.1) is 12.8 Å². The van der Waals surface area contributed by atoms with E-state index in [0.717, 1.165) is 11.4 Å². The molecule has 8 nitrogen and oxygen atoms in total. The summed E-state index contributed by atoms with van der Waals surface area (Å²) in [7, 11) is 1.58. The molecule has 2 fully saturated rings. The van der Waals surface area contributed by atoms with E-state index in [0.29, 0.717) is 19.6 Å². The van der Waals surface area contributed by atoms with Gasteiger partial charge in [-0.2, -0.15) is 5.10 Å². The van der Waals surface area contributed by atoms with Crippen molar-refractivity contribution in [2.45, 2.75) is 25.8 Å². The summed E-state index contributed by atoms with van der Waals surface area (Å²) in [6.07, 6.45) is 0.530. The van der Waals surface area contributed by atoms with Crippen LogP contribution in [-0.2, 0) is 20.8 Å². The zero-order valence-corrected chi connectivity index (χ0v) is 13.3. The molecule has 2 saturated heterocycles. The second-order valence-corrected chi connectivity index (χ2v) is 6.23. The minimum absolute atomic E-state index is 0.00127. The molecule has 8 heteroatoms. The van der Waals surface area contributed by atoms with Crippen molar-refractivity contribution in [2.75, 3.05) is 26.7 Å². The van der Waals surface area contributed by atoms with E-state index >= 15 is 0 Å². The maximum absolute atomic E-state index is 12.2. The average molecular weight is 319 g/mol. The number of nitrogens with zero attached hydrogens (tertiary/aromatic N) is 3. The van der Waals surface area contributed by atoms with Gasteiger partial charge in [0, 0.05) is 38.8 Å². The number of aryl methyl sites for hydroxylation is 1. The summed E-state index contributed by atoms with van der Waals surface area (Å²) in [5.41, 5.74) is 1.66. The average Bonchev–Trinajstić information content (AvgIpc) is 3.03. The normalized spacial score (nSPS) is 21.5. The lowest BCUT2D eigenvalue weighted by atomic mass is 10.1. The number of aromatic amines is 1. The van der Waals surface area contributed by atoms with E-state index in [1.807, 2.05) is 13.0 Å². The summed E-state index contributed by atoms with van der Waals surface area (Å²) >= 11 is 0. The molecule has 3 amide bonds. The van der Waals surface area contributed by atoms with E-state index in [9.17, 15) is 14.4 Å². The Balaban J connectivity index is 1.50. The molecule has 0 aliphatic carbocycles. The molecule has 2 aliphatic heterocycles. The molecule has 2 aliphatic rings. The highest BCUT2D eigenvalue weighted by atomic mass is 16.2. The fourth-order valence-corrected chi connectivity index (χ4v) is 3.15. The van der Waals surface area contributed by atoms with E-state index < -0.39 is 0 Å². The Morgan fingerprint density at radius 1 is 1.39 bits per heavy atom. The lowest BCUT2D eigenvalue weighted by Crippen LogP contribution is -2.61. The third-order valence-electron chi connectivity index (χ3n) is 4.52. The number of nitrogens with one attached hydrogen (secondary N) is 2. The molecular formula is C15H21N5O3. The van der Waals surface area contributed by atoms with Crippen molar-refractivity contribution in [2.24, 2.45) is 5.92 Å². The molecule has 124 valence electrons. The molecule has 0 spiro atoms. The predicted octanol–water partition coefficient (Wildman–Crippen LogP) is -0.934. The number of hydrogen-bond donors (Lipinski definition) is 2. The van der Waals surface area contributed by atoms with Crippen molar-refractivity contribution in [3.63, 3.8) is 0 Å². The van der Waals surface area contributed by atoms with Gasteiger partial charge in [-0.15, -0.1) is 0 Å². The maximum atomic E-state index is 12.2. The first kappa shape index (κ1) is 15.5. The Hall–Kier alpha value is -2.38. The maximum Gasteiger partial charge on any atom is 0.228 e. The van der Waals surface area contributed by atoms with Gasteiger partial charge in [0.2, 0.25) is 17.7 Å². The zero-order valence-electron chi connectivity index (χ0n) is 13.3.